The van der Waals surface area contributed by atoms with Crippen LogP contribution in [-0.4, -0.2) is 52.5 Å². The highest BCUT2D eigenvalue weighted by atomic mass is 35.5. The van der Waals surface area contributed by atoms with Crippen LogP contribution in [0, 0.1) is 23.7 Å². The van der Waals surface area contributed by atoms with E-state index in [0.717, 1.165) is 4.90 Å². The van der Waals surface area contributed by atoms with Crippen LogP contribution in [-0.2, 0) is 23.9 Å². The van der Waals surface area contributed by atoms with E-state index in [-0.39, 0.29) is 22.6 Å². The number of nitrogens with one attached hydrogen (secondary N) is 1. The second-order valence-electron chi connectivity index (χ2n) is 7.46. The van der Waals surface area contributed by atoms with E-state index < -0.39 is 48.7 Å². The summed E-state index contributed by atoms with van der Waals surface area (Å²) >= 11 is 18.5. The van der Waals surface area contributed by atoms with Crippen LogP contribution in [0.5, 0.6) is 0 Å². The molecule has 3 amide bonds. The molecule has 2 bridgehead atoms. The predicted octanol–water partition coefficient (Wildman–Crippen LogP) is 2.29. The lowest BCUT2D eigenvalue weighted by atomic mass is 9.80. The van der Waals surface area contributed by atoms with Crippen molar-refractivity contribution in [2.75, 3.05) is 18.5 Å². The molecule has 3 aliphatic rings. The number of imide groups is 1. The number of alkyl halides is 2. The second-order valence-corrected chi connectivity index (χ2v) is 8.87. The van der Waals surface area contributed by atoms with Gasteiger partial charge < -0.3 is 10.1 Å². The van der Waals surface area contributed by atoms with Crippen molar-refractivity contribution in [2.45, 2.75) is 17.2 Å². The number of fused-ring (bicyclic) bond motifs is 5. The Morgan fingerprint density at radius 2 is 1.66 bits per heavy atom. The molecule has 3 fully saturated rings. The topological polar surface area (TPSA) is 92.8 Å². The van der Waals surface area contributed by atoms with Crippen molar-refractivity contribution in [3.8, 4) is 0 Å². The summed E-state index contributed by atoms with van der Waals surface area (Å²) in [5.74, 6) is -3.64. The highest BCUT2D eigenvalue weighted by Crippen LogP contribution is 2.59. The van der Waals surface area contributed by atoms with Crippen molar-refractivity contribution in [2.24, 2.45) is 23.7 Å². The zero-order chi connectivity index (χ0) is 20.9. The third-order valence-electron chi connectivity index (χ3n) is 5.88. The van der Waals surface area contributed by atoms with Gasteiger partial charge in [0.1, 0.15) is 6.54 Å². The number of ether oxygens (including phenoxy) is 1. The third-order valence-corrected chi connectivity index (χ3v) is 7.53. The van der Waals surface area contributed by atoms with Crippen LogP contribution in [0.3, 0.4) is 0 Å². The van der Waals surface area contributed by atoms with Crippen molar-refractivity contribution < 1.29 is 23.9 Å². The Balaban J connectivity index is 1.32. The first-order valence-electron chi connectivity index (χ1n) is 9.13. The Morgan fingerprint density at radius 1 is 1.07 bits per heavy atom. The molecule has 1 aromatic rings. The summed E-state index contributed by atoms with van der Waals surface area (Å²) < 4.78 is 4.92. The van der Waals surface area contributed by atoms with E-state index in [0.29, 0.717) is 17.1 Å². The minimum absolute atomic E-state index is 0.159. The molecule has 6 atom stereocenters. The SMILES string of the molecule is O=C(COC(=O)CN1C(=O)[C@@H]2[C@H]3C[C@@H]([C@@H](Cl)[C@H]3Cl)[C@H]2C1=O)Nc1ccccc1Cl. The minimum Gasteiger partial charge on any atom is -0.454 e. The minimum atomic E-state index is -0.849. The molecule has 2 saturated carbocycles. The van der Waals surface area contributed by atoms with Crippen LogP contribution in [0.4, 0.5) is 5.69 Å². The predicted molar refractivity (Wildman–Crippen MR) is 106 cm³/mol. The number of rotatable bonds is 5. The first kappa shape index (κ1) is 20.4. The molecular weight excluding hydrogens is 443 g/mol. The van der Waals surface area contributed by atoms with Gasteiger partial charge in [0.25, 0.3) is 5.91 Å². The zero-order valence-corrected chi connectivity index (χ0v) is 17.3. The fraction of sp³-hybridized carbons (Fsp3) is 0.474. The molecule has 1 heterocycles. The number of anilines is 1. The smallest absolute Gasteiger partial charge is 0.326 e. The summed E-state index contributed by atoms with van der Waals surface area (Å²) in [6.45, 7) is -1.10. The molecule has 1 aliphatic heterocycles. The summed E-state index contributed by atoms with van der Waals surface area (Å²) in [5, 5.41) is 2.14. The van der Waals surface area contributed by atoms with E-state index in [9.17, 15) is 19.2 Å². The van der Waals surface area contributed by atoms with Gasteiger partial charge in [0, 0.05) is 0 Å². The van der Waals surface area contributed by atoms with Gasteiger partial charge in [-0.1, -0.05) is 23.7 Å². The number of para-hydroxylation sites is 1. The van der Waals surface area contributed by atoms with Gasteiger partial charge in [-0.3, -0.25) is 24.1 Å². The average Bonchev–Trinajstić information content (AvgIpc) is 3.29. The van der Waals surface area contributed by atoms with E-state index in [1.807, 2.05) is 0 Å². The highest BCUT2D eigenvalue weighted by molar-refractivity contribution is 6.33. The normalized spacial score (nSPS) is 32.4. The van der Waals surface area contributed by atoms with Crippen molar-refractivity contribution in [1.29, 1.82) is 0 Å². The molecule has 1 aromatic carbocycles. The molecule has 0 unspecified atom stereocenters. The first-order chi connectivity index (χ1) is 13.8. The van der Waals surface area contributed by atoms with E-state index in [4.69, 9.17) is 39.5 Å². The molecule has 0 radical (unpaired) electrons. The molecule has 29 heavy (non-hydrogen) atoms. The zero-order valence-electron chi connectivity index (χ0n) is 15.0. The number of esters is 1. The van der Waals surface area contributed by atoms with E-state index >= 15 is 0 Å². The summed E-state index contributed by atoms with van der Waals surface area (Å²) in [6, 6.07) is 6.61. The molecule has 1 saturated heterocycles. The first-order valence-corrected chi connectivity index (χ1v) is 10.4. The number of carbonyl (C=O) groups excluding carboxylic acids is 4. The van der Waals surface area contributed by atoms with Crippen LogP contribution >= 0.6 is 34.8 Å². The largest absolute Gasteiger partial charge is 0.454 e. The van der Waals surface area contributed by atoms with Crippen molar-refractivity contribution in [3.63, 3.8) is 0 Å². The maximum absolute atomic E-state index is 12.7. The molecule has 7 nitrogen and oxygen atoms in total. The Morgan fingerprint density at radius 3 is 2.24 bits per heavy atom. The molecule has 2 aliphatic carbocycles. The Labute approximate surface area is 181 Å². The lowest BCUT2D eigenvalue weighted by molar-refractivity contribution is -0.154. The number of hydrogen-bond donors (Lipinski definition) is 1. The van der Waals surface area contributed by atoms with Crippen LogP contribution in [0.1, 0.15) is 6.42 Å². The summed E-state index contributed by atoms with van der Waals surface area (Å²) in [5.41, 5.74) is 0.384. The third kappa shape index (κ3) is 3.49. The number of hydrogen-bond acceptors (Lipinski definition) is 5. The van der Waals surface area contributed by atoms with Crippen molar-refractivity contribution in [1.82, 2.24) is 4.90 Å². The molecule has 0 aromatic heterocycles. The number of amides is 3. The summed E-state index contributed by atoms with van der Waals surface area (Å²) in [4.78, 5) is 50.3. The van der Waals surface area contributed by atoms with Crippen molar-refractivity contribution in [3.05, 3.63) is 29.3 Å². The lowest BCUT2D eigenvalue weighted by Gasteiger charge is -2.28. The van der Waals surface area contributed by atoms with Gasteiger partial charge in [-0.25, -0.2) is 0 Å². The van der Waals surface area contributed by atoms with Crippen LogP contribution in [0.2, 0.25) is 5.02 Å². The fourth-order valence-corrected chi connectivity index (χ4v) is 5.71. The maximum atomic E-state index is 12.7. The molecule has 0 spiro atoms. The molecule has 4 rings (SSSR count). The Hall–Kier alpha value is -1.83. The summed E-state index contributed by atoms with van der Waals surface area (Å²) in [7, 11) is 0. The van der Waals surface area contributed by atoms with Gasteiger partial charge in [-0.2, -0.15) is 0 Å². The van der Waals surface area contributed by atoms with Gasteiger partial charge in [0.15, 0.2) is 6.61 Å². The second kappa shape index (κ2) is 7.78. The molecule has 1 N–H and O–H groups in total. The monoisotopic (exact) mass is 458 g/mol. The quantitative estimate of drug-likeness (QED) is 0.414. The maximum Gasteiger partial charge on any atom is 0.326 e. The number of likely N-dealkylation sites (tertiary alicyclic amines) is 1. The van der Waals surface area contributed by atoms with Crippen molar-refractivity contribution >= 4 is 64.2 Å². The van der Waals surface area contributed by atoms with Gasteiger partial charge in [-0.15, -0.1) is 23.2 Å². The molecule has 154 valence electrons. The van der Waals surface area contributed by atoms with Gasteiger partial charge in [0.2, 0.25) is 11.8 Å². The molecular formula is C19H17Cl3N2O5. The highest BCUT2D eigenvalue weighted by Gasteiger charge is 2.66. The summed E-state index contributed by atoms with van der Waals surface area (Å²) in [6.07, 6.45) is 0.648. The average molecular weight is 460 g/mol. The lowest BCUT2D eigenvalue weighted by Crippen LogP contribution is -2.38. The van der Waals surface area contributed by atoms with E-state index in [1.165, 1.54) is 0 Å². The van der Waals surface area contributed by atoms with Crippen LogP contribution in [0.15, 0.2) is 24.3 Å². The number of halogens is 3. The molecule has 10 heteroatoms. The number of nitrogens with zero attached hydrogens (tertiary/aromatic N) is 1. The number of carbonyl (C=O) groups is 4. The fourth-order valence-electron chi connectivity index (χ4n) is 4.64. The number of benzene rings is 1. The van der Waals surface area contributed by atoms with Crippen LogP contribution in [0.25, 0.3) is 0 Å². The van der Waals surface area contributed by atoms with E-state index in [2.05, 4.69) is 5.32 Å². The Bertz CT molecular complexity index is 862. The van der Waals surface area contributed by atoms with Gasteiger partial charge >= 0.3 is 5.97 Å². The van der Waals surface area contributed by atoms with Crippen LogP contribution < -0.4 is 5.32 Å². The van der Waals surface area contributed by atoms with Gasteiger partial charge in [-0.05, 0) is 30.4 Å². The standard InChI is InChI=1S/C19H17Cl3N2O5/c20-10-3-1-2-4-11(10)23-12(25)7-29-13(26)6-24-18(27)14-8-5-9(15(14)19(24)28)17(22)16(8)21/h1-4,8-9,14-17H,5-7H2,(H,23,25)/t8-,9-,14-,15-,16-,17+/m1/s1. The Kier molecular flexibility index (Phi) is 5.48. The van der Waals surface area contributed by atoms with Gasteiger partial charge in [0.05, 0.1) is 33.3 Å². The van der Waals surface area contributed by atoms with E-state index in [1.54, 1.807) is 24.3 Å².